The minimum Gasteiger partial charge on any atom is -0.488 e. The highest BCUT2D eigenvalue weighted by Crippen LogP contribution is 2.28. The van der Waals surface area contributed by atoms with E-state index in [1.165, 1.54) is 13.0 Å². The zero-order valence-corrected chi connectivity index (χ0v) is 11.4. The highest BCUT2D eigenvalue weighted by molar-refractivity contribution is 7.91. The first-order valence-corrected chi connectivity index (χ1v) is 7.75. The molecule has 0 radical (unpaired) electrons. The Morgan fingerprint density at radius 2 is 2.17 bits per heavy atom. The number of sulfone groups is 1. The van der Waals surface area contributed by atoms with Gasteiger partial charge in [0.2, 0.25) is 0 Å². The van der Waals surface area contributed by atoms with Gasteiger partial charge in [0, 0.05) is 5.56 Å². The van der Waals surface area contributed by atoms with Crippen LogP contribution in [-0.4, -0.2) is 31.8 Å². The molecule has 0 saturated carbocycles. The molecule has 1 unspecified atom stereocenters. The van der Waals surface area contributed by atoms with E-state index in [2.05, 4.69) is 0 Å². The summed E-state index contributed by atoms with van der Waals surface area (Å²) in [5, 5.41) is 0.326. The number of carbonyl (C=O) groups is 1. The van der Waals surface area contributed by atoms with Crippen molar-refractivity contribution in [3.63, 3.8) is 0 Å². The van der Waals surface area contributed by atoms with Crippen LogP contribution in [-0.2, 0) is 9.84 Å². The van der Waals surface area contributed by atoms with Gasteiger partial charge in [-0.25, -0.2) is 8.42 Å². The number of rotatable bonds is 3. The molecule has 0 amide bonds. The summed E-state index contributed by atoms with van der Waals surface area (Å²) >= 11 is 6.00. The molecular formula is C12H13ClO4S. The van der Waals surface area contributed by atoms with Crippen LogP contribution < -0.4 is 4.74 Å². The van der Waals surface area contributed by atoms with E-state index >= 15 is 0 Å². The maximum atomic E-state index is 11.3. The first kappa shape index (κ1) is 13.4. The zero-order valence-electron chi connectivity index (χ0n) is 9.85. The number of ketones is 1. The lowest BCUT2D eigenvalue weighted by molar-refractivity contribution is 0.101. The van der Waals surface area contributed by atoms with Crippen LogP contribution in [0.4, 0.5) is 0 Å². The number of benzene rings is 1. The third-order valence-electron chi connectivity index (χ3n) is 2.82. The fourth-order valence-corrected chi connectivity index (χ4v) is 3.66. The minimum absolute atomic E-state index is 0.0256. The molecule has 6 heteroatoms. The van der Waals surface area contributed by atoms with Crippen molar-refractivity contribution < 1.29 is 17.9 Å². The first-order chi connectivity index (χ1) is 8.37. The average molecular weight is 289 g/mol. The highest BCUT2D eigenvalue weighted by atomic mass is 35.5. The van der Waals surface area contributed by atoms with Crippen molar-refractivity contribution in [2.75, 3.05) is 11.5 Å². The molecule has 1 aromatic carbocycles. The Bertz CT molecular complexity index is 580. The molecule has 1 atom stereocenters. The van der Waals surface area contributed by atoms with Gasteiger partial charge in [-0.3, -0.25) is 4.79 Å². The highest BCUT2D eigenvalue weighted by Gasteiger charge is 2.29. The molecular weight excluding hydrogens is 276 g/mol. The van der Waals surface area contributed by atoms with E-state index < -0.39 is 9.84 Å². The monoisotopic (exact) mass is 288 g/mol. The van der Waals surface area contributed by atoms with Gasteiger partial charge in [-0.2, -0.15) is 0 Å². The van der Waals surface area contributed by atoms with Crippen LogP contribution in [0.3, 0.4) is 0 Å². The molecule has 98 valence electrons. The Kier molecular flexibility index (Phi) is 3.64. The third kappa shape index (κ3) is 3.03. The van der Waals surface area contributed by atoms with E-state index in [0.717, 1.165) is 0 Å². The van der Waals surface area contributed by atoms with Gasteiger partial charge in [-0.05, 0) is 31.5 Å². The molecule has 1 heterocycles. The second kappa shape index (κ2) is 4.90. The van der Waals surface area contributed by atoms with Crippen molar-refractivity contribution in [3.05, 3.63) is 28.8 Å². The standard InChI is InChI=1S/C12H13ClO4S/c1-8(14)9-2-3-12(11(13)6-9)17-10-4-5-18(15,16)7-10/h2-3,6,10H,4-5,7H2,1H3. The van der Waals surface area contributed by atoms with Crippen LogP contribution >= 0.6 is 11.6 Å². The van der Waals surface area contributed by atoms with Gasteiger partial charge in [0.15, 0.2) is 15.6 Å². The Morgan fingerprint density at radius 1 is 1.44 bits per heavy atom. The average Bonchev–Trinajstić information content (AvgIpc) is 2.61. The molecule has 0 aromatic heterocycles. The number of ether oxygens (including phenoxy) is 1. The number of hydrogen-bond donors (Lipinski definition) is 0. The molecule has 4 nitrogen and oxygen atoms in total. The maximum absolute atomic E-state index is 11.3. The Morgan fingerprint density at radius 3 is 2.67 bits per heavy atom. The predicted octanol–water partition coefficient (Wildman–Crippen LogP) is 2.11. The van der Waals surface area contributed by atoms with Crippen LogP contribution in [0.25, 0.3) is 0 Å². The van der Waals surface area contributed by atoms with Crippen LogP contribution in [0, 0.1) is 0 Å². The smallest absolute Gasteiger partial charge is 0.159 e. The van der Waals surface area contributed by atoms with Gasteiger partial charge in [-0.1, -0.05) is 11.6 Å². The SMILES string of the molecule is CC(=O)c1ccc(OC2CCS(=O)(=O)C2)c(Cl)c1. The molecule has 1 aliphatic heterocycles. The summed E-state index contributed by atoms with van der Waals surface area (Å²) in [6.07, 6.45) is 0.128. The van der Waals surface area contributed by atoms with Gasteiger partial charge >= 0.3 is 0 Å². The number of halogens is 1. The van der Waals surface area contributed by atoms with E-state index in [1.807, 2.05) is 0 Å². The molecule has 1 aromatic rings. The summed E-state index contributed by atoms with van der Waals surface area (Å²) in [5.41, 5.74) is 0.506. The number of Topliss-reactive ketones (excluding diaryl/α,β-unsaturated/α-hetero) is 1. The summed E-state index contributed by atoms with van der Waals surface area (Å²) in [6, 6.07) is 4.75. The van der Waals surface area contributed by atoms with E-state index in [-0.39, 0.29) is 23.4 Å². The van der Waals surface area contributed by atoms with Gasteiger partial charge in [0.1, 0.15) is 11.9 Å². The molecule has 1 fully saturated rings. The Hall–Kier alpha value is -1.07. The van der Waals surface area contributed by atoms with E-state index in [1.54, 1.807) is 12.1 Å². The molecule has 0 spiro atoms. The van der Waals surface area contributed by atoms with E-state index in [0.29, 0.717) is 22.8 Å². The van der Waals surface area contributed by atoms with Gasteiger partial charge in [-0.15, -0.1) is 0 Å². The molecule has 0 N–H and O–H groups in total. The fraction of sp³-hybridized carbons (Fsp3) is 0.417. The van der Waals surface area contributed by atoms with Crippen LogP contribution in [0.1, 0.15) is 23.7 Å². The van der Waals surface area contributed by atoms with E-state index in [9.17, 15) is 13.2 Å². The lowest BCUT2D eigenvalue weighted by Crippen LogP contribution is -2.17. The maximum Gasteiger partial charge on any atom is 0.159 e. The van der Waals surface area contributed by atoms with Crippen molar-refractivity contribution in [2.45, 2.75) is 19.4 Å². The van der Waals surface area contributed by atoms with Crippen LogP contribution in [0.15, 0.2) is 18.2 Å². The third-order valence-corrected chi connectivity index (χ3v) is 4.86. The summed E-state index contributed by atoms with van der Waals surface area (Å²) < 4.78 is 28.2. The minimum atomic E-state index is -2.97. The second-order valence-electron chi connectivity index (χ2n) is 4.34. The van der Waals surface area contributed by atoms with Crippen molar-refractivity contribution in [2.24, 2.45) is 0 Å². The van der Waals surface area contributed by atoms with Crippen molar-refractivity contribution in [3.8, 4) is 5.75 Å². The zero-order chi connectivity index (χ0) is 13.3. The van der Waals surface area contributed by atoms with Crippen molar-refractivity contribution in [1.29, 1.82) is 0 Å². The fourth-order valence-electron chi connectivity index (χ4n) is 1.85. The lowest BCUT2D eigenvalue weighted by atomic mass is 10.1. The topological polar surface area (TPSA) is 60.4 Å². The largest absolute Gasteiger partial charge is 0.488 e. The van der Waals surface area contributed by atoms with Gasteiger partial charge in [0.25, 0.3) is 0 Å². The normalized spacial score (nSPS) is 21.8. The van der Waals surface area contributed by atoms with Crippen LogP contribution in [0.5, 0.6) is 5.75 Å². The van der Waals surface area contributed by atoms with Gasteiger partial charge < -0.3 is 4.74 Å². The summed E-state index contributed by atoms with van der Waals surface area (Å²) in [4.78, 5) is 11.2. The second-order valence-corrected chi connectivity index (χ2v) is 6.98. The Labute approximate surface area is 111 Å². The van der Waals surface area contributed by atoms with Crippen molar-refractivity contribution in [1.82, 2.24) is 0 Å². The quantitative estimate of drug-likeness (QED) is 0.799. The first-order valence-electron chi connectivity index (χ1n) is 5.55. The lowest BCUT2D eigenvalue weighted by Gasteiger charge is -2.13. The summed E-state index contributed by atoms with van der Waals surface area (Å²) in [6.45, 7) is 1.45. The molecule has 2 rings (SSSR count). The molecule has 1 saturated heterocycles. The number of carbonyl (C=O) groups excluding carboxylic acids is 1. The molecule has 1 aliphatic rings. The van der Waals surface area contributed by atoms with Crippen molar-refractivity contribution >= 4 is 27.2 Å². The molecule has 0 aliphatic carbocycles. The van der Waals surface area contributed by atoms with E-state index in [4.69, 9.17) is 16.3 Å². The predicted molar refractivity (Wildman–Crippen MR) is 69.1 cm³/mol. The number of hydrogen-bond acceptors (Lipinski definition) is 4. The molecule has 0 bridgehead atoms. The molecule has 18 heavy (non-hydrogen) atoms. The van der Waals surface area contributed by atoms with Gasteiger partial charge in [0.05, 0.1) is 16.5 Å². The Balaban J connectivity index is 2.13. The summed E-state index contributed by atoms with van der Waals surface area (Å²) in [5.74, 6) is 0.522. The van der Waals surface area contributed by atoms with Crippen LogP contribution in [0.2, 0.25) is 5.02 Å². The summed E-state index contributed by atoms with van der Waals surface area (Å²) in [7, 11) is -2.97.